The van der Waals surface area contributed by atoms with Gasteiger partial charge in [0.1, 0.15) is 0 Å². The third-order valence-corrected chi connectivity index (χ3v) is 3.19. The molecule has 100 valence electrons. The van der Waals surface area contributed by atoms with Crippen molar-refractivity contribution in [3.8, 4) is 0 Å². The van der Waals surface area contributed by atoms with Crippen LogP contribution in [0.25, 0.3) is 0 Å². The number of carboxylic acid groups (broad SMARTS) is 1. The standard InChI is InChI=1S/C15H18N2O2/c1-11-3-5-12(6-4-11)7-14(15(18)19)8-13-9-16-17(2)10-13/h3-6,9-10,14H,7-8H2,1-2H3,(H,18,19). The van der Waals surface area contributed by atoms with Gasteiger partial charge in [0.15, 0.2) is 0 Å². The Balaban J connectivity index is 2.08. The second-order valence-electron chi connectivity index (χ2n) is 4.95. The van der Waals surface area contributed by atoms with Gasteiger partial charge in [0.25, 0.3) is 0 Å². The molecule has 0 saturated carbocycles. The van der Waals surface area contributed by atoms with Gasteiger partial charge in [0.2, 0.25) is 0 Å². The average molecular weight is 258 g/mol. The number of aryl methyl sites for hydroxylation is 2. The van der Waals surface area contributed by atoms with E-state index < -0.39 is 11.9 Å². The molecule has 4 nitrogen and oxygen atoms in total. The Kier molecular flexibility index (Phi) is 4.00. The van der Waals surface area contributed by atoms with E-state index in [1.54, 1.807) is 10.9 Å². The van der Waals surface area contributed by atoms with Crippen LogP contribution in [0.15, 0.2) is 36.7 Å². The zero-order valence-corrected chi connectivity index (χ0v) is 11.2. The van der Waals surface area contributed by atoms with Crippen molar-refractivity contribution in [2.45, 2.75) is 19.8 Å². The maximum atomic E-state index is 11.4. The summed E-state index contributed by atoms with van der Waals surface area (Å²) in [5.41, 5.74) is 3.20. The fraction of sp³-hybridized carbons (Fsp3) is 0.333. The smallest absolute Gasteiger partial charge is 0.307 e. The van der Waals surface area contributed by atoms with E-state index in [4.69, 9.17) is 0 Å². The predicted octanol–water partition coefficient (Wildman–Crippen LogP) is 2.21. The number of carbonyl (C=O) groups is 1. The number of rotatable bonds is 5. The maximum Gasteiger partial charge on any atom is 0.307 e. The van der Waals surface area contributed by atoms with E-state index in [9.17, 15) is 9.90 Å². The molecule has 1 heterocycles. The minimum atomic E-state index is -0.760. The zero-order chi connectivity index (χ0) is 13.8. The normalized spacial score (nSPS) is 12.3. The van der Waals surface area contributed by atoms with Crippen LogP contribution >= 0.6 is 0 Å². The van der Waals surface area contributed by atoms with E-state index >= 15 is 0 Å². The molecule has 0 radical (unpaired) electrons. The first-order valence-corrected chi connectivity index (χ1v) is 6.30. The Morgan fingerprint density at radius 3 is 2.42 bits per heavy atom. The molecule has 1 aromatic carbocycles. The van der Waals surface area contributed by atoms with Gasteiger partial charge in [-0.15, -0.1) is 0 Å². The molecule has 0 saturated heterocycles. The van der Waals surface area contributed by atoms with Gasteiger partial charge in [-0.05, 0) is 30.9 Å². The summed E-state index contributed by atoms with van der Waals surface area (Å²) in [6.45, 7) is 2.02. The fourth-order valence-electron chi connectivity index (χ4n) is 2.12. The summed E-state index contributed by atoms with van der Waals surface area (Å²) in [6, 6.07) is 8.01. The number of hydrogen-bond acceptors (Lipinski definition) is 2. The van der Waals surface area contributed by atoms with Gasteiger partial charge in [0.05, 0.1) is 12.1 Å². The summed E-state index contributed by atoms with van der Waals surface area (Å²) in [6.07, 6.45) is 4.65. The summed E-state index contributed by atoms with van der Waals surface area (Å²) >= 11 is 0. The monoisotopic (exact) mass is 258 g/mol. The van der Waals surface area contributed by atoms with Gasteiger partial charge in [-0.2, -0.15) is 5.10 Å². The molecular formula is C15H18N2O2. The average Bonchev–Trinajstić information content (AvgIpc) is 2.76. The van der Waals surface area contributed by atoms with E-state index in [0.717, 1.165) is 11.1 Å². The Labute approximate surface area is 112 Å². The number of hydrogen-bond donors (Lipinski definition) is 1. The number of aliphatic carboxylic acids is 1. The van der Waals surface area contributed by atoms with E-state index in [-0.39, 0.29) is 0 Å². The van der Waals surface area contributed by atoms with Crippen molar-refractivity contribution in [1.29, 1.82) is 0 Å². The lowest BCUT2D eigenvalue weighted by Crippen LogP contribution is -2.19. The fourth-order valence-corrected chi connectivity index (χ4v) is 2.12. The number of nitrogens with zero attached hydrogens (tertiary/aromatic N) is 2. The van der Waals surface area contributed by atoms with Crippen LogP contribution in [-0.2, 0) is 24.7 Å². The second-order valence-corrected chi connectivity index (χ2v) is 4.95. The van der Waals surface area contributed by atoms with Crippen LogP contribution in [-0.4, -0.2) is 20.9 Å². The minimum absolute atomic E-state index is 0.410. The van der Waals surface area contributed by atoms with Crippen LogP contribution in [0.3, 0.4) is 0 Å². The molecule has 1 N–H and O–H groups in total. The molecule has 0 bridgehead atoms. The SMILES string of the molecule is Cc1ccc(CC(Cc2cnn(C)c2)C(=O)O)cc1. The summed E-state index contributed by atoms with van der Waals surface area (Å²) < 4.78 is 1.69. The molecule has 0 aliphatic rings. The lowest BCUT2D eigenvalue weighted by molar-refractivity contribution is -0.141. The van der Waals surface area contributed by atoms with Crippen molar-refractivity contribution >= 4 is 5.97 Å². The van der Waals surface area contributed by atoms with E-state index in [2.05, 4.69) is 5.10 Å². The van der Waals surface area contributed by atoms with Crippen LogP contribution in [0.1, 0.15) is 16.7 Å². The van der Waals surface area contributed by atoms with Gasteiger partial charge in [0, 0.05) is 13.2 Å². The summed E-state index contributed by atoms with van der Waals surface area (Å²) in [5, 5.41) is 13.4. The molecule has 0 amide bonds. The molecule has 0 spiro atoms. The zero-order valence-electron chi connectivity index (χ0n) is 11.2. The molecule has 0 aliphatic carbocycles. The molecule has 2 aromatic rings. The van der Waals surface area contributed by atoms with Crippen molar-refractivity contribution in [2.75, 3.05) is 0 Å². The van der Waals surface area contributed by atoms with E-state index in [0.29, 0.717) is 12.8 Å². The van der Waals surface area contributed by atoms with Crippen LogP contribution in [0.4, 0.5) is 0 Å². The maximum absolute atomic E-state index is 11.4. The largest absolute Gasteiger partial charge is 0.481 e. The highest BCUT2D eigenvalue weighted by Gasteiger charge is 2.19. The molecule has 2 rings (SSSR count). The van der Waals surface area contributed by atoms with Gasteiger partial charge < -0.3 is 5.11 Å². The highest BCUT2D eigenvalue weighted by Crippen LogP contribution is 2.15. The van der Waals surface area contributed by atoms with E-state index in [1.165, 1.54) is 5.56 Å². The van der Waals surface area contributed by atoms with Crippen molar-refractivity contribution in [2.24, 2.45) is 13.0 Å². The van der Waals surface area contributed by atoms with Crippen molar-refractivity contribution in [1.82, 2.24) is 9.78 Å². The molecule has 1 aromatic heterocycles. The van der Waals surface area contributed by atoms with Crippen LogP contribution in [0, 0.1) is 12.8 Å². The topological polar surface area (TPSA) is 55.1 Å². The Morgan fingerprint density at radius 2 is 1.89 bits per heavy atom. The molecule has 1 unspecified atom stereocenters. The van der Waals surface area contributed by atoms with Crippen molar-refractivity contribution in [3.63, 3.8) is 0 Å². The number of carboxylic acids is 1. The molecule has 4 heteroatoms. The van der Waals surface area contributed by atoms with Gasteiger partial charge >= 0.3 is 5.97 Å². The minimum Gasteiger partial charge on any atom is -0.481 e. The molecule has 0 fully saturated rings. The molecule has 1 atom stereocenters. The Hall–Kier alpha value is -2.10. The van der Waals surface area contributed by atoms with Crippen molar-refractivity contribution in [3.05, 3.63) is 53.3 Å². The van der Waals surface area contributed by atoms with Crippen molar-refractivity contribution < 1.29 is 9.90 Å². The lowest BCUT2D eigenvalue weighted by Gasteiger charge is -2.11. The highest BCUT2D eigenvalue weighted by molar-refractivity contribution is 5.70. The molecular weight excluding hydrogens is 240 g/mol. The van der Waals surface area contributed by atoms with Crippen LogP contribution < -0.4 is 0 Å². The first-order valence-electron chi connectivity index (χ1n) is 6.30. The van der Waals surface area contributed by atoms with Gasteiger partial charge in [-0.1, -0.05) is 29.8 Å². The van der Waals surface area contributed by atoms with E-state index in [1.807, 2.05) is 44.4 Å². The Bertz CT molecular complexity index is 558. The number of benzene rings is 1. The quantitative estimate of drug-likeness (QED) is 0.894. The Morgan fingerprint density at radius 1 is 1.26 bits per heavy atom. The van der Waals surface area contributed by atoms with Crippen LogP contribution in [0.2, 0.25) is 0 Å². The molecule has 19 heavy (non-hydrogen) atoms. The third-order valence-electron chi connectivity index (χ3n) is 3.19. The van der Waals surface area contributed by atoms with Gasteiger partial charge in [-0.25, -0.2) is 0 Å². The predicted molar refractivity (Wildman–Crippen MR) is 72.9 cm³/mol. The highest BCUT2D eigenvalue weighted by atomic mass is 16.4. The first-order chi connectivity index (χ1) is 9.04. The summed E-state index contributed by atoms with van der Waals surface area (Å²) in [7, 11) is 1.83. The third kappa shape index (κ3) is 3.68. The first kappa shape index (κ1) is 13.3. The number of aromatic nitrogens is 2. The summed E-state index contributed by atoms with van der Waals surface area (Å²) in [5.74, 6) is -1.17. The second kappa shape index (κ2) is 5.69. The molecule has 0 aliphatic heterocycles. The van der Waals surface area contributed by atoms with Gasteiger partial charge in [-0.3, -0.25) is 9.48 Å². The summed E-state index contributed by atoms with van der Waals surface area (Å²) in [4.78, 5) is 11.4. The van der Waals surface area contributed by atoms with Crippen LogP contribution in [0.5, 0.6) is 0 Å². The lowest BCUT2D eigenvalue weighted by atomic mass is 9.93.